The number of aromatic nitrogens is 2. The smallest absolute Gasteiger partial charge is 0.330 e. The van der Waals surface area contributed by atoms with Gasteiger partial charge in [0.25, 0.3) is 5.56 Å². The zero-order valence-electron chi connectivity index (χ0n) is 9.95. The van der Waals surface area contributed by atoms with Crippen LogP contribution in [-0.2, 0) is 4.74 Å². The molecule has 1 aromatic heterocycles. The topological polar surface area (TPSA) is 174 Å². The van der Waals surface area contributed by atoms with E-state index in [0.717, 1.165) is 16.8 Å². The van der Waals surface area contributed by atoms with Crippen LogP contribution in [0, 0.1) is 0 Å². The summed E-state index contributed by atoms with van der Waals surface area (Å²) < 4.78 is 5.95. The average molecular weight is 285 g/mol. The Hall–Kier alpha value is -2.17. The Bertz CT molecular complexity index is 663. The summed E-state index contributed by atoms with van der Waals surface area (Å²) in [6.45, 7) is -0.899. The number of azide groups is 1. The molecule has 0 aliphatic carbocycles. The molecule has 0 radical (unpaired) electrons. The summed E-state index contributed by atoms with van der Waals surface area (Å²) >= 11 is 0. The van der Waals surface area contributed by atoms with Gasteiger partial charge in [0.05, 0.1) is 6.61 Å². The zero-order valence-corrected chi connectivity index (χ0v) is 9.95. The Morgan fingerprint density at radius 2 is 2.25 bits per heavy atom. The number of H-pyrrole nitrogens is 1. The van der Waals surface area contributed by atoms with Crippen LogP contribution in [0.25, 0.3) is 10.4 Å². The van der Waals surface area contributed by atoms with Gasteiger partial charge in [-0.3, -0.25) is 14.3 Å². The van der Waals surface area contributed by atoms with Gasteiger partial charge in [0.1, 0.15) is 12.2 Å². The minimum atomic E-state index is -2.10. The second-order valence-corrected chi connectivity index (χ2v) is 4.15. The zero-order chi connectivity index (χ0) is 14.9. The van der Waals surface area contributed by atoms with E-state index in [1.807, 2.05) is 4.98 Å². The van der Waals surface area contributed by atoms with E-state index in [4.69, 9.17) is 10.3 Å². The number of aliphatic hydroxyl groups excluding tert-OH is 3. The van der Waals surface area contributed by atoms with Gasteiger partial charge in [-0.2, -0.15) is 0 Å². The number of aromatic amines is 1. The van der Waals surface area contributed by atoms with Gasteiger partial charge in [-0.25, -0.2) is 4.79 Å². The van der Waals surface area contributed by atoms with E-state index in [0.29, 0.717) is 0 Å². The third-order valence-electron chi connectivity index (χ3n) is 2.97. The van der Waals surface area contributed by atoms with Crippen molar-refractivity contribution in [3.8, 4) is 0 Å². The van der Waals surface area contributed by atoms with Gasteiger partial charge in [-0.1, -0.05) is 5.11 Å². The summed E-state index contributed by atoms with van der Waals surface area (Å²) in [5.74, 6) is 0. The fraction of sp³-hybridized carbons (Fsp3) is 0.556. The first-order valence-electron chi connectivity index (χ1n) is 5.48. The summed E-state index contributed by atoms with van der Waals surface area (Å²) in [6.07, 6.45) is -3.76. The van der Waals surface area contributed by atoms with Crippen molar-refractivity contribution in [2.75, 3.05) is 6.61 Å². The molecule has 1 aliphatic rings. The predicted molar refractivity (Wildman–Crippen MR) is 62.4 cm³/mol. The lowest BCUT2D eigenvalue weighted by molar-refractivity contribution is -0.125. The Kier molecular flexibility index (Phi) is 3.61. The standard InChI is InChI=1S/C9H11N5O6/c10-13-12-9(3-15)6(18)5(17)7(20-9)14-2-1-4(16)11-8(14)19/h1-2,5-7,15,17-18H,3H2,(H,11,16,19)/t5-,6?,7+,9+/m0/s1. The Balaban J connectivity index is 2.47. The maximum atomic E-state index is 11.6. The summed E-state index contributed by atoms with van der Waals surface area (Å²) in [4.78, 5) is 26.9. The van der Waals surface area contributed by atoms with Gasteiger partial charge in [-0.05, 0) is 5.53 Å². The van der Waals surface area contributed by atoms with Crippen molar-refractivity contribution in [2.45, 2.75) is 24.2 Å². The molecule has 11 heteroatoms. The highest BCUT2D eigenvalue weighted by Crippen LogP contribution is 2.37. The van der Waals surface area contributed by atoms with E-state index in [-0.39, 0.29) is 0 Å². The van der Waals surface area contributed by atoms with Gasteiger partial charge in [-0.15, -0.1) is 0 Å². The number of hydrogen-bond acceptors (Lipinski definition) is 7. The van der Waals surface area contributed by atoms with Gasteiger partial charge in [0.2, 0.25) is 5.72 Å². The highest BCUT2D eigenvalue weighted by Gasteiger charge is 2.54. The number of aliphatic hydroxyl groups is 3. The number of rotatable bonds is 3. The van der Waals surface area contributed by atoms with E-state index in [2.05, 4.69) is 10.0 Å². The van der Waals surface area contributed by atoms with Gasteiger partial charge >= 0.3 is 5.69 Å². The number of nitrogens with zero attached hydrogens (tertiary/aromatic N) is 4. The maximum absolute atomic E-state index is 11.6. The monoisotopic (exact) mass is 285 g/mol. The third kappa shape index (κ3) is 2.09. The van der Waals surface area contributed by atoms with Gasteiger partial charge < -0.3 is 20.1 Å². The van der Waals surface area contributed by atoms with Gasteiger partial charge in [0.15, 0.2) is 6.23 Å². The van der Waals surface area contributed by atoms with Crippen molar-refractivity contribution in [3.63, 3.8) is 0 Å². The Morgan fingerprint density at radius 1 is 1.55 bits per heavy atom. The van der Waals surface area contributed by atoms with Crippen molar-refractivity contribution in [1.29, 1.82) is 0 Å². The molecule has 1 aromatic rings. The molecule has 20 heavy (non-hydrogen) atoms. The summed E-state index contributed by atoms with van der Waals surface area (Å²) in [5.41, 5.74) is 4.79. The molecule has 0 saturated carbocycles. The first-order chi connectivity index (χ1) is 9.45. The number of hydrogen-bond donors (Lipinski definition) is 4. The van der Waals surface area contributed by atoms with Crippen LogP contribution < -0.4 is 11.2 Å². The Labute approximate surface area is 110 Å². The average Bonchev–Trinajstić information content (AvgIpc) is 2.65. The van der Waals surface area contributed by atoms with E-state index >= 15 is 0 Å². The van der Waals surface area contributed by atoms with Crippen molar-refractivity contribution in [3.05, 3.63) is 43.5 Å². The fourth-order valence-electron chi connectivity index (χ4n) is 1.94. The molecule has 1 aliphatic heterocycles. The van der Waals surface area contributed by atoms with E-state index in [9.17, 15) is 24.9 Å². The van der Waals surface area contributed by atoms with Crippen LogP contribution in [0.3, 0.4) is 0 Å². The molecule has 0 spiro atoms. The second kappa shape index (κ2) is 5.07. The molecule has 0 aromatic carbocycles. The molecule has 0 bridgehead atoms. The molecular weight excluding hydrogens is 274 g/mol. The fourth-order valence-corrected chi connectivity index (χ4v) is 1.94. The first-order valence-corrected chi connectivity index (χ1v) is 5.48. The summed E-state index contributed by atoms with van der Waals surface area (Å²) in [5, 5.41) is 32.1. The lowest BCUT2D eigenvalue weighted by Gasteiger charge is -2.23. The number of ether oxygens (including phenoxy) is 1. The molecule has 1 unspecified atom stereocenters. The minimum absolute atomic E-state index is 0.650. The van der Waals surface area contributed by atoms with Crippen LogP contribution in [0.2, 0.25) is 0 Å². The van der Waals surface area contributed by atoms with Crippen LogP contribution in [0.5, 0.6) is 0 Å². The largest absolute Gasteiger partial charge is 0.393 e. The minimum Gasteiger partial charge on any atom is -0.393 e. The highest BCUT2D eigenvalue weighted by atomic mass is 16.6. The molecule has 0 amide bonds. The molecule has 108 valence electrons. The van der Waals surface area contributed by atoms with E-state index in [1.165, 1.54) is 0 Å². The molecule has 4 atom stereocenters. The van der Waals surface area contributed by atoms with Crippen LogP contribution >= 0.6 is 0 Å². The van der Waals surface area contributed by atoms with Gasteiger partial charge in [0, 0.05) is 17.2 Å². The SMILES string of the molecule is [N-]=[N+]=N[C@]1(CO)O[C@@H](n2ccc(=O)[nH]c2=O)[C@@H](O)C1O. The quantitative estimate of drug-likeness (QED) is 0.278. The maximum Gasteiger partial charge on any atom is 0.330 e. The molecule has 4 N–H and O–H groups in total. The van der Waals surface area contributed by atoms with Crippen LogP contribution in [0.4, 0.5) is 0 Å². The molecule has 11 nitrogen and oxygen atoms in total. The molecule has 2 rings (SSSR count). The Morgan fingerprint density at radius 3 is 2.80 bits per heavy atom. The lowest BCUT2D eigenvalue weighted by atomic mass is 10.1. The highest BCUT2D eigenvalue weighted by molar-refractivity contribution is 5.00. The van der Waals surface area contributed by atoms with E-state index < -0.39 is 42.0 Å². The van der Waals surface area contributed by atoms with Crippen molar-refractivity contribution >= 4 is 0 Å². The molecular formula is C9H11N5O6. The number of nitrogens with one attached hydrogen (secondary N) is 1. The van der Waals surface area contributed by atoms with E-state index in [1.54, 1.807) is 0 Å². The molecule has 1 fully saturated rings. The summed E-state index contributed by atoms with van der Waals surface area (Å²) in [7, 11) is 0. The summed E-state index contributed by atoms with van der Waals surface area (Å²) in [6, 6.07) is 1.01. The van der Waals surface area contributed by atoms with Crippen molar-refractivity contribution in [2.24, 2.45) is 5.11 Å². The predicted octanol–water partition coefficient (Wildman–Crippen LogP) is -2.21. The first kappa shape index (κ1) is 14.2. The van der Waals surface area contributed by atoms with Crippen LogP contribution in [0.15, 0.2) is 27.0 Å². The molecule has 1 saturated heterocycles. The lowest BCUT2D eigenvalue weighted by Crippen LogP contribution is -2.44. The second-order valence-electron chi connectivity index (χ2n) is 4.15. The van der Waals surface area contributed by atoms with Crippen LogP contribution in [-0.4, -0.2) is 49.4 Å². The van der Waals surface area contributed by atoms with Crippen molar-refractivity contribution in [1.82, 2.24) is 9.55 Å². The third-order valence-corrected chi connectivity index (χ3v) is 2.97. The van der Waals surface area contributed by atoms with Crippen molar-refractivity contribution < 1.29 is 20.1 Å². The molecule has 2 heterocycles. The van der Waals surface area contributed by atoms with Crippen LogP contribution in [0.1, 0.15) is 6.23 Å². The normalized spacial score (nSPS) is 32.9.